The quantitative estimate of drug-likeness (QED) is 0.261. The molecule has 0 aliphatic rings. The summed E-state index contributed by atoms with van der Waals surface area (Å²) in [5, 5.41) is 13.6. The van der Waals surface area contributed by atoms with Crippen LogP contribution in [0.1, 0.15) is 65.7 Å². The number of hydrogen-bond donors (Lipinski definition) is 1. The van der Waals surface area contributed by atoms with Gasteiger partial charge >= 0.3 is 11.7 Å². The Morgan fingerprint density at radius 2 is 1.75 bits per heavy atom. The maximum Gasteiger partial charge on any atom is 0.346 e. The number of thioether (sulfide) groups is 1. The average Bonchev–Trinajstić information content (AvgIpc) is 2.83. The SMILES string of the molecule is CCCCCCCN(CCCCOc1cccc(SC(C)(C)C(=O)O)c1)c1nn(C)c(=O)n(C)c1=O. The minimum atomic E-state index is -0.926. The van der Waals surface area contributed by atoms with Gasteiger partial charge in [-0.3, -0.25) is 14.2 Å². The number of benzene rings is 1. The van der Waals surface area contributed by atoms with Gasteiger partial charge in [0.2, 0.25) is 5.82 Å². The second-order valence-electron chi connectivity index (χ2n) is 9.44. The fraction of sp³-hybridized carbons (Fsp3) is 0.615. The van der Waals surface area contributed by atoms with E-state index in [2.05, 4.69) is 12.0 Å². The Balaban J connectivity index is 1.96. The van der Waals surface area contributed by atoms with E-state index in [4.69, 9.17) is 4.74 Å². The molecular weight excluding hydrogens is 480 g/mol. The van der Waals surface area contributed by atoms with Gasteiger partial charge in [0.05, 0.1) is 6.61 Å². The molecule has 36 heavy (non-hydrogen) atoms. The van der Waals surface area contributed by atoms with Crippen molar-refractivity contribution in [2.24, 2.45) is 14.1 Å². The Morgan fingerprint density at radius 3 is 2.42 bits per heavy atom. The van der Waals surface area contributed by atoms with Crippen molar-refractivity contribution < 1.29 is 14.6 Å². The number of unbranched alkanes of at least 4 members (excludes halogenated alkanes) is 5. The standard InChI is InChI=1S/C26H40N4O5S/c1-6-7-8-9-10-16-30(22-23(31)28(4)25(34)29(5)27-22)17-11-12-18-35-20-14-13-15-21(19-20)36-26(2,3)24(32)33/h13-15,19H,6-12,16-18H2,1-5H3,(H,32,33). The molecule has 10 heteroatoms. The van der Waals surface area contributed by atoms with Gasteiger partial charge in [-0.1, -0.05) is 38.7 Å². The van der Waals surface area contributed by atoms with E-state index in [-0.39, 0.29) is 5.56 Å². The van der Waals surface area contributed by atoms with Crippen LogP contribution in [0.5, 0.6) is 5.75 Å². The van der Waals surface area contributed by atoms with Gasteiger partial charge in [-0.15, -0.1) is 16.9 Å². The number of hydrogen-bond acceptors (Lipinski definition) is 7. The second-order valence-corrected chi connectivity index (χ2v) is 11.1. The predicted molar refractivity (Wildman–Crippen MR) is 144 cm³/mol. The molecule has 0 aliphatic heterocycles. The second kappa shape index (κ2) is 14.1. The number of aromatic nitrogens is 3. The normalized spacial score (nSPS) is 11.5. The molecule has 0 atom stereocenters. The molecule has 0 bridgehead atoms. The zero-order valence-corrected chi connectivity index (χ0v) is 23.0. The summed E-state index contributed by atoms with van der Waals surface area (Å²) in [5.41, 5.74) is -0.811. The lowest BCUT2D eigenvalue weighted by atomic mass is 10.1. The maximum atomic E-state index is 12.7. The van der Waals surface area contributed by atoms with Crippen molar-refractivity contribution in [3.63, 3.8) is 0 Å². The van der Waals surface area contributed by atoms with Crippen LogP contribution in [0.3, 0.4) is 0 Å². The lowest BCUT2D eigenvalue weighted by Gasteiger charge is -2.23. The first-order chi connectivity index (χ1) is 17.1. The van der Waals surface area contributed by atoms with Gasteiger partial charge in [-0.25, -0.2) is 9.48 Å². The highest BCUT2D eigenvalue weighted by Gasteiger charge is 2.28. The molecule has 200 valence electrons. The molecule has 0 amide bonds. The molecule has 1 heterocycles. The van der Waals surface area contributed by atoms with Crippen molar-refractivity contribution in [3.8, 4) is 5.75 Å². The third-order valence-electron chi connectivity index (χ3n) is 5.92. The molecule has 2 rings (SSSR count). The highest BCUT2D eigenvalue weighted by molar-refractivity contribution is 8.01. The number of rotatable bonds is 16. The molecule has 1 aromatic carbocycles. The first-order valence-corrected chi connectivity index (χ1v) is 13.4. The fourth-order valence-corrected chi connectivity index (χ4v) is 4.67. The summed E-state index contributed by atoms with van der Waals surface area (Å²) in [6.07, 6.45) is 7.15. The number of carboxylic acid groups (broad SMARTS) is 1. The van der Waals surface area contributed by atoms with Crippen LogP contribution in [0.2, 0.25) is 0 Å². The summed E-state index contributed by atoms with van der Waals surface area (Å²) in [5.74, 6) is 0.140. The van der Waals surface area contributed by atoms with Crippen molar-refractivity contribution in [2.75, 3.05) is 24.6 Å². The molecule has 0 spiro atoms. The first-order valence-electron chi connectivity index (χ1n) is 12.6. The first kappa shape index (κ1) is 29.5. The summed E-state index contributed by atoms with van der Waals surface area (Å²) in [6, 6.07) is 7.45. The lowest BCUT2D eigenvalue weighted by molar-refractivity contribution is -0.138. The Hall–Kier alpha value is -2.75. The van der Waals surface area contributed by atoms with E-state index in [1.807, 2.05) is 29.2 Å². The molecule has 0 saturated heterocycles. The summed E-state index contributed by atoms with van der Waals surface area (Å²) in [4.78, 5) is 39.0. The number of nitrogens with zero attached hydrogens (tertiary/aromatic N) is 4. The number of aryl methyl sites for hydroxylation is 1. The number of anilines is 1. The summed E-state index contributed by atoms with van der Waals surface area (Å²) < 4.78 is 7.29. The largest absolute Gasteiger partial charge is 0.494 e. The molecule has 1 aromatic heterocycles. The van der Waals surface area contributed by atoms with Gasteiger partial charge < -0.3 is 14.7 Å². The van der Waals surface area contributed by atoms with Gasteiger partial charge in [0.25, 0.3) is 5.56 Å². The number of carboxylic acids is 1. The topological polar surface area (TPSA) is 107 Å². The van der Waals surface area contributed by atoms with Crippen molar-refractivity contribution >= 4 is 23.5 Å². The molecule has 0 saturated carbocycles. The monoisotopic (exact) mass is 520 g/mol. The third-order valence-corrected chi connectivity index (χ3v) is 7.09. The minimum Gasteiger partial charge on any atom is -0.494 e. The lowest BCUT2D eigenvalue weighted by Crippen LogP contribution is -2.43. The molecule has 9 nitrogen and oxygen atoms in total. The molecule has 0 unspecified atom stereocenters. The average molecular weight is 521 g/mol. The Bertz CT molecular complexity index is 1110. The molecule has 0 aliphatic carbocycles. The van der Waals surface area contributed by atoms with Crippen LogP contribution >= 0.6 is 11.8 Å². The van der Waals surface area contributed by atoms with Crippen molar-refractivity contribution in [2.45, 2.75) is 75.4 Å². The van der Waals surface area contributed by atoms with E-state index in [1.54, 1.807) is 20.9 Å². The van der Waals surface area contributed by atoms with Crippen LogP contribution in [0.4, 0.5) is 5.82 Å². The zero-order valence-electron chi connectivity index (χ0n) is 22.2. The minimum absolute atomic E-state index is 0.307. The van der Waals surface area contributed by atoms with Crippen molar-refractivity contribution in [3.05, 3.63) is 45.1 Å². The number of aliphatic carboxylic acids is 1. The third kappa shape index (κ3) is 8.72. The smallest absolute Gasteiger partial charge is 0.346 e. The molecule has 0 fully saturated rings. The highest BCUT2D eigenvalue weighted by Crippen LogP contribution is 2.34. The molecule has 2 aromatic rings. The van der Waals surface area contributed by atoms with Crippen LogP contribution in [-0.2, 0) is 18.9 Å². The summed E-state index contributed by atoms with van der Waals surface area (Å²) >= 11 is 1.28. The van der Waals surface area contributed by atoms with Crippen LogP contribution < -0.4 is 20.9 Å². The Kier molecular flexibility index (Phi) is 11.6. The molecule has 0 radical (unpaired) electrons. The Labute approximate surface area is 217 Å². The van der Waals surface area contributed by atoms with E-state index in [9.17, 15) is 19.5 Å². The van der Waals surface area contributed by atoms with Gasteiger partial charge in [0.1, 0.15) is 10.5 Å². The number of ether oxygens (including phenoxy) is 1. The van der Waals surface area contributed by atoms with Crippen molar-refractivity contribution in [1.29, 1.82) is 0 Å². The van der Waals surface area contributed by atoms with Crippen LogP contribution in [0.15, 0.2) is 38.8 Å². The van der Waals surface area contributed by atoms with Gasteiger partial charge in [0.15, 0.2) is 0 Å². The molecular formula is C26H40N4O5S. The van der Waals surface area contributed by atoms with E-state index in [1.165, 1.54) is 36.3 Å². The summed E-state index contributed by atoms with van der Waals surface area (Å²) in [7, 11) is 3.04. The molecule has 1 N–H and O–H groups in total. The summed E-state index contributed by atoms with van der Waals surface area (Å²) in [6.45, 7) is 7.38. The maximum absolute atomic E-state index is 12.7. The van der Waals surface area contributed by atoms with Crippen molar-refractivity contribution in [1.82, 2.24) is 14.3 Å². The van der Waals surface area contributed by atoms with Gasteiger partial charge in [-0.2, -0.15) is 0 Å². The fourth-order valence-electron chi connectivity index (χ4n) is 3.67. The van der Waals surface area contributed by atoms with Crippen LogP contribution in [0.25, 0.3) is 0 Å². The van der Waals surface area contributed by atoms with Gasteiger partial charge in [0, 0.05) is 32.1 Å². The van der Waals surface area contributed by atoms with Crippen LogP contribution in [0, 0.1) is 0 Å². The van der Waals surface area contributed by atoms with Gasteiger partial charge in [-0.05, 0) is 51.3 Å². The number of carbonyl (C=O) groups is 1. The zero-order chi connectivity index (χ0) is 26.7. The predicted octanol–water partition coefficient (Wildman–Crippen LogP) is 4.07. The van der Waals surface area contributed by atoms with Crippen LogP contribution in [-0.4, -0.2) is 49.9 Å². The van der Waals surface area contributed by atoms with E-state index >= 15 is 0 Å². The van der Waals surface area contributed by atoms with E-state index in [0.717, 1.165) is 41.6 Å². The Morgan fingerprint density at radius 1 is 1.08 bits per heavy atom. The van der Waals surface area contributed by atoms with E-state index in [0.29, 0.717) is 31.3 Å². The highest BCUT2D eigenvalue weighted by atomic mass is 32.2. The van der Waals surface area contributed by atoms with E-state index < -0.39 is 16.4 Å².